The normalized spacial score (nSPS) is 14.8. The van der Waals surface area contributed by atoms with Gasteiger partial charge in [0.1, 0.15) is 0 Å². The standard InChI is InChI=1S/C12H25/c1-6-7-8-9-10-11(2)12(3,4)5/h11H,3,6-10H2,1-2,4-5H3. The first-order chi connectivity index (χ1) is 5.48. The van der Waals surface area contributed by atoms with Crippen LogP contribution in [0.25, 0.3) is 0 Å². The summed E-state index contributed by atoms with van der Waals surface area (Å²) in [6.45, 7) is 13.2. The molecule has 73 valence electrons. The maximum atomic E-state index is 4.17. The van der Waals surface area contributed by atoms with Gasteiger partial charge in [0, 0.05) is 0 Å². The van der Waals surface area contributed by atoms with Gasteiger partial charge in [-0.1, -0.05) is 59.8 Å². The molecule has 0 heteroatoms. The molecule has 0 aliphatic carbocycles. The van der Waals surface area contributed by atoms with Gasteiger partial charge in [0.15, 0.2) is 0 Å². The molecular weight excluding hydrogens is 144 g/mol. The second kappa shape index (κ2) is 5.61. The molecule has 0 N–H and O–H groups in total. The minimum atomic E-state index is 0.256. The molecule has 1 unspecified atom stereocenters. The Bertz CT molecular complexity index is 97.1. The number of unbranched alkanes of at least 4 members (excludes halogenated alkanes) is 3. The van der Waals surface area contributed by atoms with Gasteiger partial charge in [-0.25, -0.2) is 0 Å². The summed E-state index contributed by atoms with van der Waals surface area (Å²) < 4.78 is 0. The first-order valence-corrected chi connectivity index (χ1v) is 5.33. The molecule has 0 saturated heterocycles. The van der Waals surface area contributed by atoms with Gasteiger partial charge < -0.3 is 0 Å². The Morgan fingerprint density at radius 2 is 1.75 bits per heavy atom. The molecule has 0 aliphatic rings. The first kappa shape index (κ1) is 12.0. The van der Waals surface area contributed by atoms with Crippen LogP contribution in [0.1, 0.15) is 59.8 Å². The number of hydrogen-bond donors (Lipinski definition) is 0. The van der Waals surface area contributed by atoms with Gasteiger partial charge in [0.25, 0.3) is 0 Å². The fraction of sp³-hybridized carbons (Fsp3) is 0.917. The Morgan fingerprint density at radius 3 is 2.17 bits per heavy atom. The molecule has 1 radical (unpaired) electrons. The molecule has 0 nitrogen and oxygen atoms in total. The average molecular weight is 169 g/mol. The fourth-order valence-electron chi connectivity index (χ4n) is 1.27. The maximum Gasteiger partial charge on any atom is -0.0328 e. The van der Waals surface area contributed by atoms with E-state index in [9.17, 15) is 0 Å². The molecule has 0 rings (SSSR count). The van der Waals surface area contributed by atoms with E-state index in [0.29, 0.717) is 0 Å². The van der Waals surface area contributed by atoms with Crippen molar-refractivity contribution in [3.63, 3.8) is 0 Å². The summed E-state index contributed by atoms with van der Waals surface area (Å²) in [6.07, 6.45) is 6.85. The average Bonchev–Trinajstić information content (AvgIpc) is 1.96. The van der Waals surface area contributed by atoms with Crippen molar-refractivity contribution in [1.82, 2.24) is 0 Å². The predicted molar refractivity (Wildman–Crippen MR) is 57.1 cm³/mol. The van der Waals surface area contributed by atoms with Crippen molar-refractivity contribution in [2.45, 2.75) is 59.8 Å². The van der Waals surface area contributed by atoms with Crippen LogP contribution in [0.4, 0.5) is 0 Å². The van der Waals surface area contributed by atoms with E-state index < -0.39 is 0 Å². The second-order valence-corrected chi connectivity index (χ2v) is 4.74. The van der Waals surface area contributed by atoms with E-state index in [1.54, 1.807) is 0 Å². The Kier molecular flexibility index (Phi) is 5.61. The summed E-state index contributed by atoms with van der Waals surface area (Å²) in [6, 6.07) is 0. The van der Waals surface area contributed by atoms with E-state index in [0.717, 1.165) is 5.92 Å². The van der Waals surface area contributed by atoms with Crippen molar-refractivity contribution in [2.75, 3.05) is 0 Å². The lowest BCUT2D eigenvalue weighted by molar-refractivity contribution is 0.277. The first-order valence-electron chi connectivity index (χ1n) is 5.33. The van der Waals surface area contributed by atoms with Crippen LogP contribution in [0.5, 0.6) is 0 Å². The second-order valence-electron chi connectivity index (χ2n) is 4.74. The number of hydrogen-bond acceptors (Lipinski definition) is 0. The van der Waals surface area contributed by atoms with Crippen molar-refractivity contribution in [3.05, 3.63) is 6.92 Å². The molecule has 0 aliphatic heterocycles. The molecule has 0 bridgehead atoms. The van der Waals surface area contributed by atoms with Crippen molar-refractivity contribution in [2.24, 2.45) is 11.3 Å². The van der Waals surface area contributed by atoms with Crippen molar-refractivity contribution < 1.29 is 0 Å². The van der Waals surface area contributed by atoms with Crippen LogP contribution in [0.15, 0.2) is 0 Å². The molecule has 0 aromatic heterocycles. The van der Waals surface area contributed by atoms with E-state index >= 15 is 0 Å². The molecule has 0 spiro atoms. The largest absolute Gasteiger partial charge is 0.0654 e. The van der Waals surface area contributed by atoms with Gasteiger partial charge in [-0.05, 0) is 18.3 Å². The monoisotopic (exact) mass is 169 g/mol. The van der Waals surface area contributed by atoms with E-state index in [-0.39, 0.29) is 5.41 Å². The third kappa shape index (κ3) is 5.62. The van der Waals surface area contributed by atoms with Crippen LogP contribution < -0.4 is 0 Å². The summed E-state index contributed by atoms with van der Waals surface area (Å²) in [7, 11) is 0. The lowest BCUT2D eigenvalue weighted by Crippen LogP contribution is -2.17. The third-order valence-corrected chi connectivity index (χ3v) is 2.82. The van der Waals surface area contributed by atoms with E-state index in [4.69, 9.17) is 0 Å². The Morgan fingerprint density at radius 1 is 1.17 bits per heavy atom. The highest BCUT2D eigenvalue weighted by Gasteiger charge is 2.18. The van der Waals surface area contributed by atoms with E-state index in [1.807, 2.05) is 0 Å². The van der Waals surface area contributed by atoms with Crippen molar-refractivity contribution in [1.29, 1.82) is 0 Å². The summed E-state index contributed by atoms with van der Waals surface area (Å²) in [4.78, 5) is 0. The molecule has 1 atom stereocenters. The SMILES string of the molecule is [CH2]C(C)(C)C(C)CCCCCC. The number of rotatable bonds is 6. The van der Waals surface area contributed by atoms with Crippen LogP contribution in [0.2, 0.25) is 0 Å². The Labute approximate surface area is 78.8 Å². The van der Waals surface area contributed by atoms with Crippen LogP contribution in [-0.2, 0) is 0 Å². The zero-order chi connectivity index (χ0) is 9.61. The van der Waals surface area contributed by atoms with E-state index in [1.165, 1.54) is 32.1 Å². The van der Waals surface area contributed by atoms with Gasteiger partial charge in [0.05, 0.1) is 0 Å². The zero-order valence-corrected chi connectivity index (χ0v) is 9.32. The van der Waals surface area contributed by atoms with E-state index in [2.05, 4.69) is 34.6 Å². The van der Waals surface area contributed by atoms with Gasteiger partial charge in [-0.3, -0.25) is 0 Å². The molecule has 0 amide bonds. The summed E-state index contributed by atoms with van der Waals surface area (Å²) in [5.74, 6) is 0.759. The van der Waals surface area contributed by atoms with Crippen LogP contribution in [0, 0.1) is 18.3 Å². The molecule has 0 aromatic carbocycles. The topological polar surface area (TPSA) is 0 Å². The van der Waals surface area contributed by atoms with Gasteiger partial charge in [-0.2, -0.15) is 0 Å². The van der Waals surface area contributed by atoms with Crippen LogP contribution >= 0.6 is 0 Å². The summed E-state index contributed by atoms with van der Waals surface area (Å²) >= 11 is 0. The highest BCUT2D eigenvalue weighted by Crippen LogP contribution is 2.29. The van der Waals surface area contributed by atoms with Crippen LogP contribution in [-0.4, -0.2) is 0 Å². The smallest absolute Gasteiger partial charge is 0.0328 e. The maximum absolute atomic E-state index is 4.17. The lowest BCUT2D eigenvalue weighted by atomic mass is 9.79. The Balaban J connectivity index is 3.38. The van der Waals surface area contributed by atoms with Gasteiger partial charge in [0.2, 0.25) is 0 Å². The van der Waals surface area contributed by atoms with Gasteiger partial charge >= 0.3 is 0 Å². The Hall–Kier alpha value is 0. The van der Waals surface area contributed by atoms with Crippen molar-refractivity contribution in [3.8, 4) is 0 Å². The molecule has 0 saturated carbocycles. The highest BCUT2D eigenvalue weighted by atomic mass is 14.2. The lowest BCUT2D eigenvalue weighted by Gasteiger charge is -2.26. The van der Waals surface area contributed by atoms with Crippen molar-refractivity contribution >= 4 is 0 Å². The minimum absolute atomic E-state index is 0.256. The zero-order valence-electron chi connectivity index (χ0n) is 9.32. The molecule has 12 heavy (non-hydrogen) atoms. The van der Waals surface area contributed by atoms with Gasteiger partial charge in [-0.15, -0.1) is 0 Å². The summed E-state index contributed by atoms with van der Waals surface area (Å²) in [5.41, 5.74) is 0.256. The third-order valence-electron chi connectivity index (χ3n) is 2.82. The minimum Gasteiger partial charge on any atom is -0.0654 e. The summed E-state index contributed by atoms with van der Waals surface area (Å²) in [5, 5.41) is 0. The molecule has 0 aromatic rings. The highest BCUT2D eigenvalue weighted by molar-refractivity contribution is 4.76. The molecule has 0 fully saturated rings. The fourth-order valence-corrected chi connectivity index (χ4v) is 1.27. The molecule has 0 heterocycles. The quantitative estimate of drug-likeness (QED) is 0.515. The predicted octanol–water partition coefficient (Wildman–Crippen LogP) is 4.45. The van der Waals surface area contributed by atoms with Crippen LogP contribution in [0.3, 0.4) is 0 Å². The molecular formula is C12H25.